The molecule has 0 bridgehead atoms. The topological polar surface area (TPSA) is 121 Å². The van der Waals surface area contributed by atoms with Crippen molar-refractivity contribution in [2.75, 3.05) is 5.32 Å². The number of fused-ring (bicyclic) bond motifs is 1. The van der Waals surface area contributed by atoms with E-state index in [9.17, 15) is 14.9 Å². The lowest BCUT2D eigenvalue weighted by atomic mass is 10.1. The third kappa shape index (κ3) is 4.27. The lowest BCUT2D eigenvalue weighted by Crippen LogP contribution is -2.13. The van der Waals surface area contributed by atoms with Crippen molar-refractivity contribution in [1.82, 2.24) is 24.5 Å². The summed E-state index contributed by atoms with van der Waals surface area (Å²) < 4.78 is 3.59. The largest absolute Gasteiger partial charge is 0.321 e. The van der Waals surface area contributed by atoms with E-state index in [0.717, 1.165) is 38.1 Å². The zero-order valence-electron chi connectivity index (χ0n) is 18.0. The average Bonchev–Trinajstić information content (AvgIpc) is 3.42. The van der Waals surface area contributed by atoms with Crippen LogP contribution in [0.2, 0.25) is 5.02 Å². The van der Waals surface area contributed by atoms with Crippen molar-refractivity contribution in [1.29, 1.82) is 0 Å². The number of hydrogen-bond acceptors (Lipinski definition) is 6. The van der Waals surface area contributed by atoms with Crippen molar-refractivity contribution in [2.24, 2.45) is 0 Å². The maximum atomic E-state index is 12.8. The molecule has 0 aliphatic carbocycles. The van der Waals surface area contributed by atoms with Gasteiger partial charge < -0.3 is 9.88 Å². The van der Waals surface area contributed by atoms with Gasteiger partial charge in [-0.1, -0.05) is 18.0 Å². The number of amides is 1. The SMILES string of the molecule is O=C(Nc1ccc(Cl)c(-c2nnc3n2CCCCC3)c1)c1ccn(-c2ccc([N+](=O)[O-])cc2)n1. The van der Waals surface area contributed by atoms with Crippen LogP contribution in [0.15, 0.2) is 54.7 Å². The van der Waals surface area contributed by atoms with Crippen LogP contribution in [0.3, 0.4) is 0 Å². The number of carbonyl (C=O) groups excluding carboxylic acids is 1. The predicted octanol–water partition coefficient (Wildman–Crippen LogP) is 4.67. The van der Waals surface area contributed by atoms with E-state index in [1.165, 1.54) is 16.8 Å². The number of non-ortho nitro benzene ring substituents is 1. The maximum Gasteiger partial charge on any atom is 0.276 e. The Kier molecular flexibility index (Phi) is 5.81. The summed E-state index contributed by atoms with van der Waals surface area (Å²) in [6, 6.07) is 12.7. The summed E-state index contributed by atoms with van der Waals surface area (Å²) in [5.41, 5.74) is 2.05. The lowest BCUT2D eigenvalue weighted by Gasteiger charge is -2.11. The summed E-state index contributed by atoms with van der Waals surface area (Å²) >= 11 is 6.47. The predicted molar refractivity (Wildman–Crippen MR) is 126 cm³/mol. The second kappa shape index (κ2) is 9.06. The number of benzene rings is 2. The minimum atomic E-state index is -0.469. The van der Waals surface area contributed by atoms with E-state index >= 15 is 0 Å². The van der Waals surface area contributed by atoms with Crippen molar-refractivity contribution in [3.8, 4) is 17.1 Å². The van der Waals surface area contributed by atoms with E-state index in [4.69, 9.17) is 11.6 Å². The second-order valence-corrected chi connectivity index (χ2v) is 8.38. The smallest absolute Gasteiger partial charge is 0.276 e. The molecule has 10 nitrogen and oxygen atoms in total. The zero-order chi connectivity index (χ0) is 23.7. The average molecular weight is 478 g/mol. The Labute approximate surface area is 199 Å². The molecule has 2 aromatic carbocycles. The minimum Gasteiger partial charge on any atom is -0.321 e. The van der Waals surface area contributed by atoms with Crippen LogP contribution >= 0.6 is 11.6 Å². The van der Waals surface area contributed by atoms with Gasteiger partial charge in [0.1, 0.15) is 5.82 Å². The first-order valence-electron chi connectivity index (χ1n) is 10.8. The molecule has 1 aliphatic rings. The first-order valence-corrected chi connectivity index (χ1v) is 11.2. The van der Waals surface area contributed by atoms with Crippen molar-refractivity contribution in [3.05, 3.63) is 81.4 Å². The molecule has 172 valence electrons. The second-order valence-electron chi connectivity index (χ2n) is 7.97. The quantitative estimate of drug-likeness (QED) is 0.329. The summed E-state index contributed by atoms with van der Waals surface area (Å²) in [6.07, 6.45) is 5.81. The molecule has 0 saturated carbocycles. The van der Waals surface area contributed by atoms with Gasteiger partial charge in [-0.25, -0.2) is 4.68 Å². The molecule has 2 aromatic heterocycles. The number of hydrogen-bond donors (Lipinski definition) is 1. The minimum absolute atomic E-state index is 0.0167. The summed E-state index contributed by atoms with van der Waals surface area (Å²) in [5, 5.41) is 27.2. The van der Waals surface area contributed by atoms with E-state index < -0.39 is 10.8 Å². The Bertz CT molecular complexity index is 1380. The van der Waals surface area contributed by atoms with Crippen molar-refractivity contribution in [3.63, 3.8) is 0 Å². The Morgan fingerprint density at radius 2 is 1.88 bits per heavy atom. The van der Waals surface area contributed by atoms with Crippen LogP contribution in [0.25, 0.3) is 17.1 Å². The number of aromatic nitrogens is 5. The first-order chi connectivity index (χ1) is 16.5. The Balaban J connectivity index is 1.36. The molecule has 0 unspecified atom stereocenters. The third-order valence-electron chi connectivity index (χ3n) is 5.72. The fourth-order valence-corrected chi connectivity index (χ4v) is 4.17. The van der Waals surface area contributed by atoms with Gasteiger partial charge in [0.2, 0.25) is 0 Å². The maximum absolute atomic E-state index is 12.8. The Hall–Kier alpha value is -4.05. The third-order valence-corrected chi connectivity index (χ3v) is 6.05. The standard InChI is InChI=1S/C23H20ClN7O3/c24-19-10-5-15(14-18(19)22-27-26-21-4-2-1-3-12-29(21)22)25-23(32)20-11-13-30(28-20)16-6-8-17(9-7-16)31(33)34/h5-11,13-14H,1-4,12H2,(H,25,32). The van der Waals surface area contributed by atoms with Gasteiger partial charge >= 0.3 is 0 Å². The van der Waals surface area contributed by atoms with Crippen molar-refractivity contribution < 1.29 is 9.72 Å². The fourth-order valence-electron chi connectivity index (χ4n) is 3.97. The number of halogens is 1. The Morgan fingerprint density at radius 1 is 1.06 bits per heavy atom. The number of anilines is 1. The van der Waals surface area contributed by atoms with E-state index in [0.29, 0.717) is 27.8 Å². The molecule has 34 heavy (non-hydrogen) atoms. The van der Waals surface area contributed by atoms with Crippen molar-refractivity contribution >= 4 is 28.9 Å². The van der Waals surface area contributed by atoms with E-state index in [2.05, 4.69) is 25.2 Å². The number of rotatable bonds is 5. The van der Waals surface area contributed by atoms with Crippen molar-refractivity contribution in [2.45, 2.75) is 32.2 Å². The van der Waals surface area contributed by atoms with E-state index in [-0.39, 0.29) is 11.4 Å². The number of nitro benzene ring substituents is 1. The summed E-state index contributed by atoms with van der Waals surface area (Å²) in [4.78, 5) is 23.2. The highest BCUT2D eigenvalue weighted by Gasteiger charge is 2.19. The molecule has 1 N–H and O–H groups in total. The fraction of sp³-hybridized carbons (Fsp3) is 0.217. The Morgan fingerprint density at radius 3 is 2.68 bits per heavy atom. The number of carbonyl (C=O) groups is 1. The van der Waals surface area contributed by atoms with Gasteiger partial charge in [0.05, 0.1) is 15.6 Å². The molecule has 5 rings (SSSR count). The molecule has 1 amide bonds. The molecular formula is C23H20ClN7O3. The number of nitro groups is 1. The van der Waals surface area contributed by atoms with E-state index in [1.54, 1.807) is 42.6 Å². The number of nitrogens with one attached hydrogen (secondary N) is 1. The monoisotopic (exact) mass is 477 g/mol. The molecule has 0 spiro atoms. The van der Waals surface area contributed by atoms with Crippen LogP contribution < -0.4 is 5.32 Å². The van der Waals surface area contributed by atoms with Crippen LogP contribution in [0.5, 0.6) is 0 Å². The van der Waals surface area contributed by atoms with Crippen LogP contribution in [-0.4, -0.2) is 35.4 Å². The van der Waals surface area contributed by atoms with Gasteiger partial charge in [-0.15, -0.1) is 10.2 Å². The molecule has 0 saturated heterocycles. The number of aryl methyl sites for hydroxylation is 1. The molecule has 0 fully saturated rings. The van der Waals surface area contributed by atoms with E-state index in [1.807, 2.05) is 0 Å². The highest BCUT2D eigenvalue weighted by atomic mass is 35.5. The highest BCUT2D eigenvalue weighted by Crippen LogP contribution is 2.31. The summed E-state index contributed by atoms with van der Waals surface area (Å²) in [5.74, 6) is 1.25. The summed E-state index contributed by atoms with van der Waals surface area (Å²) in [7, 11) is 0. The van der Waals surface area contributed by atoms with Gasteiger partial charge in [-0.05, 0) is 49.2 Å². The van der Waals surface area contributed by atoms with Gasteiger partial charge in [-0.2, -0.15) is 5.10 Å². The van der Waals surface area contributed by atoms with Crippen LogP contribution in [0.4, 0.5) is 11.4 Å². The normalized spacial score (nSPS) is 13.2. The van der Waals surface area contributed by atoms with Gasteiger partial charge in [0.25, 0.3) is 11.6 Å². The van der Waals surface area contributed by atoms with Crippen LogP contribution in [0, 0.1) is 10.1 Å². The molecule has 11 heteroatoms. The van der Waals surface area contributed by atoms with Gasteiger partial charge in [-0.3, -0.25) is 14.9 Å². The zero-order valence-corrected chi connectivity index (χ0v) is 18.8. The molecule has 0 atom stereocenters. The van der Waals surface area contributed by atoms with Crippen LogP contribution in [0.1, 0.15) is 35.6 Å². The first kappa shape index (κ1) is 21.8. The number of nitrogens with zero attached hydrogens (tertiary/aromatic N) is 6. The highest BCUT2D eigenvalue weighted by molar-refractivity contribution is 6.33. The molecule has 3 heterocycles. The van der Waals surface area contributed by atoms with Gasteiger partial charge in [0.15, 0.2) is 11.5 Å². The lowest BCUT2D eigenvalue weighted by molar-refractivity contribution is -0.384. The van der Waals surface area contributed by atoms with Crippen LogP contribution in [-0.2, 0) is 13.0 Å². The molecule has 4 aromatic rings. The van der Waals surface area contributed by atoms with Gasteiger partial charge in [0, 0.05) is 42.5 Å². The molecular weight excluding hydrogens is 458 g/mol. The summed E-state index contributed by atoms with van der Waals surface area (Å²) in [6.45, 7) is 0.838. The molecule has 0 radical (unpaired) electrons. The molecule has 1 aliphatic heterocycles.